The topological polar surface area (TPSA) is 46.2 Å². The van der Waals surface area contributed by atoms with E-state index in [9.17, 15) is 0 Å². The maximum absolute atomic E-state index is 5.45. The van der Waals surface area contributed by atoms with Crippen LogP contribution in [0.2, 0.25) is 0 Å². The largest absolute Gasteiger partial charge is 0.495 e. The number of nitrogens with one attached hydrogen (secondary N) is 2. The lowest BCUT2D eigenvalue weighted by Crippen LogP contribution is -2.22. The van der Waals surface area contributed by atoms with E-state index in [1.165, 1.54) is 0 Å². The molecule has 1 saturated heterocycles. The first kappa shape index (κ1) is 11.3. The average molecular weight is 243 g/mol. The second-order valence-electron chi connectivity index (χ2n) is 4.55. The van der Waals surface area contributed by atoms with Crippen molar-refractivity contribution in [2.45, 2.75) is 12.5 Å². The lowest BCUT2D eigenvalue weighted by molar-refractivity contribution is 0.416. The van der Waals surface area contributed by atoms with Gasteiger partial charge in [-0.05, 0) is 37.2 Å². The molecule has 0 aliphatic carbocycles. The molecule has 0 radical (unpaired) electrons. The summed E-state index contributed by atoms with van der Waals surface area (Å²) < 4.78 is 5.45. The number of methoxy groups -OCH3 is 1. The van der Waals surface area contributed by atoms with Crippen molar-refractivity contribution in [1.82, 2.24) is 10.3 Å². The molecule has 1 fully saturated rings. The molecule has 1 unspecified atom stereocenters. The number of ether oxygens (including phenoxy) is 1. The highest BCUT2D eigenvalue weighted by Crippen LogP contribution is 2.33. The fourth-order valence-corrected chi connectivity index (χ4v) is 2.43. The average Bonchev–Trinajstić information content (AvgIpc) is 2.92. The van der Waals surface area contributed by atoms with Crippen LogP contribution in [-0.4, -0.2) is 31.2 Å². The molecule has 0 saturated carbocycles. The Kier molecular flexibility index (Phi) is 3.02. The van der Waals surface area contributed by atoms with Crippen LogP contribution in [0.15, 0.2) is 30.5 Å². The normalized spacial score (nSPS) is 19.1. The molecule has 18 heavy (non-hydrogen) atoms. The third-order valence-electron chi connectivity index (χ3n) is 3.38. The van der Waals surface area contributed by atoms with Crippen LogP contribution in [0.1, 0.15) is 6.42 Å². The van der Waals surface area contributed by atoms with Gasteiger partial charge in [0.1, 0.15) is 5.75 Å². The fraction of sp³-hybridized carbons (Fsp3) is 0.357. The molecule has 1 aliphatic heterocycles. The third kappa shape index (κ3) is 1.99. The van der Waals surface area contributed by atoms with Crippen LogP contribution in [-0.2, 0) is 0 Å². The van der Waals surface area contributed by atoms with E-state index >= 15 is 0 Å². The smallest absolute Gasteiger partial charge is 0.142 e. The minimum atomic E-state index is 0.463. The van der Waals surface area contributed by atoms with Crippen molar-refractivity contribution in [1.29, 1.82) is 0 Å². The summed E-state index contributed by atoms with van der Waals surface area (Å²) in [6.45, 7) is 2.07. The molecular formula is C14H17N3O. The number of fused-ring (bicyclic) bond motifs is 1. The van der Waals surface area contributed by atoms with Crippen LogP contribution in [0.25, 0.3) is 10.9 Å². The van der Waals surface area contributed by atoms with Crippen LogP contribution in [0.4, 0.5) is 5.69 Å². The summed E-state index contributed by atoms with van der Waals surface area (Å²) in [5.74, 6) is 0.877. The predicted octanol–water partition coefficient (Wildman–Crippen LogP) is 2.02. The van der Waals surface area contributed by atoms with Crippen molar-refractivity contribution in [2.75, 3.05) is 25.5 Å². The molecule has 2 N–H and O–H groups in total. The first-order valence-corrected chi connectivity index (χ1v) is 6.27. The Balaban J connectivity index is 2.05. The van der Waals surface area contributed by atoms with E-state index in [4.69, 9.17) is 4.74 Å². The summed E-state index contributed by atoms with van der Waals surface area (Å²) in [6.07, 6.45) is 2.95. The van der Waals surface area contributed by atoms with E-state index in [1.54, 1.807) is 7.11 Å². The van der Waals surface area contributed by atoms with E-state index in [0.717, 1.165) is 41.9 Å². The van der Waals surface area contributed by atoms with Crippen molar-refractivity contribution in [2.24, 2.45) is 0 Å². The standard InChI is InChI=1S/C14H17N3O/c1-18-13-5-4-12-11(3-2-7-16-12)14(13)17-10-6-8-15-9-10/h2-5,7,10,15,17H,6,8-9H2,1H3. The van der Waals surface area contributed by atoms with Crippen LogP contribution in [0, 0.1) is 0 Å². The molecule has 3 rings (SSSR count). The molecule has 0 bridgehead atoms. The molecular weight excluding hydrogens is 226 g/mol. The van der Waals surface area contributed by atoms with E-state index in [1.807, 2.05) is 24.4 Å². The van der Waals surface area contributed by atoms with Gasteiger partial charge in [0.25, 0.3) is 0 Å². The number of anilines is 1. The zero-order valence-corrected chi connectivity index (χ0v) is 10.4. The molecule has 1 aliphatic rings. The first-order chi connectivity index (χ1) is 8.88. The molecule has 1 aromatic heterocycles. The second kappa shape index (κ2) is 4.82. The van der Waals surface area contributed by atoms with Gasteiger partial charge in [0.2, 0.25) is 0 Å². The van der Waals surface area contributed by atoms with Crippen LogP contribution in [0.3, 0.4) is 0 Å². The van der Waals surface area contributed by atoms with Crippen molar-refractivity contribution in [3.05, 3.63) is 30.5 Å². The van der Waals surface area contributed by atoms with Gasteiger partial charge in [-0.25, -0.2) is 0 Å². The third-order valence-corrected chi connectivity index (χ3v) is 3.38. The Morgan fingerprint density at radius 1 is 1.39 bits per heavy atom. The van der Waals surface area contributed by atoms with Crippen molar-refractivity contribution in [3.8, 4) is 5.75 Å². The Hall–Kier alpha value is -1.81. The Morgan fingerprint density at radius 2 is 2.33 bits per heavy atom. The SMILES string of the molecule is COc1ccc2ncccc2c1NC1CCNC1. The maximum atomic E-state index is 5.45. The molecule has 94 valence electrons. The zero-order chi connectivity index (χ0) is 12.4. The maximum Gasteiger partial charge on any atom is 0.142 e. The summed E-state index contributed by atoms with van der Waals surface area (Å²) >= 11 is 0. The van der Waals surface area contributed by atoms with E-state index in [0.29, 0.717) is 6.04 Å². The van der Waals surface area contributed by atoms with Gasteiger partial charge in [-0.2, -0.15) is 0 Å². The lowest BCUT2D eigenvalue weighted by atomic mass is 10.1. The number of pyridine rings is 1. The minimum Gasteiger partial charge on any atom is -0.495 e. The van der Waals surface area contributed by atoms with Crippen molar-refractivity contribution in [3.63, 3.8) is 0 Å². The number of rotatable bonds is 3. The number of hydrogen-bond donors (Lipinski definition) is 2. The molecule has 2 heterocycles. The van der Waals surface area contributed by atoms with Gasteiger partial charge < -0.3 is 15.4 Å². The highest BCUT2D eigenvalue weighted by atomic mass is 16.5. The Morgan fingerprint density at radius 3 is 3.11 bits per heavy atom. The van der Waals surface area contributed by atoms with Gasteiger partial charge >= 0.3 is 0 Å². The van der Waals surface area contributed by atoms with Crippen molar-refractivity contribution < 1.29 is 4.74 Å². The molecule has 1 aromatic carbocycles. The molecule has 4 nitrogen and oxygen atoms in total. The number of aromatic nitrogens is 1. The van der Waals surface area contributed by atoms with E-state index < -0.39 is 0 Å². The molecule has 0 spiro atoms. The number of nitrogens with zero attached hydrogens (tertiary/aromatic N) is 1. The van der Waals surface area contributed by atoms with Gasteiger partial charge in [-0.1, -0.05) is 0 Å². The Bertz CT molecular complexity index is 550. The molecule has 1 atom stereocenters. The van der Waals surface area contributed by atoms with Crippen LogP contribution < -0.4 is 15.4 Å². The van der Waals surface area contributed by atoms with Gasteiger partial charge in [0.15, 0.2) is 0 Å². The summed E-state index contributed by atoms with van der Waals surface area (Å²) in [5, 5.41) is 8.05. The Labute approximate surface area is 106 Å². The van der Waals surface area contributed by atoms with Gasteiger partial charge in [0.05, 0.1) is 18.3 Å². The second-order valence-corrected chi connectivity index (χ2v) is 4.55. The summed E-state index contributed by atoms with van der Waals surface area (Å²) in [4.78, 5) is 4.38. The molecule has 4 heteroatoms. The summed E-state index contributed by atoms with van der Waals surface area (Å²) in [7, 11) is 1.70. The highest BCUT2D eigenvalue weighted by molar-refractivity contribution is 5.94. The monoisotopic (exact) mass is 243 g/mol. The van der Waals surface area contributed by atoms with Gasteiger partial charge in [-0.15, -0.1) is 0 Å². The zero-order valence-electron chi connectivity index (χ0n) is 10.4. The lowest BCUT2D eigenvalue weighted by Gasteiger charge is -2.17. The molecule has 0 amide bonds. The van der Waals surface area contributed by atoms with Gasteiger partial charge in [-0.3, -0.25) is 4.98 Å². The summed E-state index contributed by atoms with van der Waals surface area (Å²) in [5.41, 5.74) is 2.04. The first-order valence-electron chi connectivity index (χ1n) is 6.27. The number of benzene rings is 1. The van der Waals surface area contributed by atoms with E-state index in [-0.39, 0.29) is 0 Å². The fourth-order valence-electron chi connectivity index (χ4n) is 2.43. The quantitative estimate of drug-likeness (QED) is 0.865. The van der Waals surface area contributed by atoms with Crippen LogP contribution in [0.5, 0.6) is 5.75 Å². The molecule has 2 aromatic rings. The highest BCUT2D eigenvalue weighted by Gasteiger charge is 2.17. The van der Waals surface area contributed by atoms with Crippen LogP contribution >= 0.6 is 0 Å². The van der Waals surface area contributed by atoms with E-state index in [2.05, 4.69) is 21.7 Å². The van der Waals surface area contributed by atoms with Gasteiger partial charge in [0, 0.05) is 24.2 Å². The minimum absolute atomic E-state index is 0.463. The number of hydrogen-bond acceptors (Lipinski definition) is 4. The van der Waals surface area contributed by atoms with Crippen molar-refractivity contribution >= 4 is 16.6 Å². The predicted molar refractivity (Wildman–Crippen MR) is 73.2 cm³/mol. The summed E-state index contributed by atoms with van der Waals surface area (Å²) in [6, 6.07) is 8.46.